The first-order valence-corrected chi connectivity index (χ1v) is 9.28. The molecule has 0 atom stereocenters. The van der Waals surface area contributed by atoms with Crippen molar-refractivity contribution in [3.05, 3.63) is 57.7 Å². The maximum Gasteiger partial charge on any atom is 0.262 e. The molecule has 3 aromatic rings. The highest BCUT2D eigenvalue weighted by molar-refractivity contribution is 7.14. The van der Waals surface area contributed by atoms with Crippen LogP contribution in [0.3, 0.4) is 0 Å². The van der Waals surface area contributed by atoms with E-state index in [1.165, 1.54) is 6.08 Å². The van der Waals surface area contributed by atoms with Crippen molar-refractivity contribution < 1.29 is 14.3 Å². The van der Waals surface area contributed by atoms with Crippen LogP contribution in [0.1, 0.15) is 16.1 Å². The van der Waals surface area contributed by atoms with Crippen molar-refractivity contribution in [3.63, 3.8) is 0 Å². The normalized spacial score (nSPS) is 13.4. The molecule has 0 saturated carbocycles. The number of hydrogen-bond donors (Lipinski definition) is 1. The lowest BCUT2D eigenvalue weighted by atomic mass is 10.1. The number of carbonyl (C=O) groups excluding carboxylic acids is 2. The number of thiazole rings is 1. The van der Waals surface area contributed by atoms with Crippen LogP contribution in [0.2, 0.25) is 0 Å². The minimum absolute atomic E-state index is 0.00349. The third-order valence-electron chi connectivity index (χ3n) is 3.59. The van der Waals surface area contributed by atoms with Crippen molar-refractivity contribution in [3.8, 4) is 16.3 Å². The number of ketones is 1. The van der Waals surface area contributed by atoms with Gasteiger partial charge in [0.1, 0.15) is 10.8 Å². The Morgan fingerprint density at radius 3 is 3.04 bits per heavy atom. The summed E-state index contributed by atoms with van der Waals surface area (Å²) >= 11 is 3.17. The lowest BCUT2D eigenvalue weighted by Gasteiger charge is -2.17. The number of rotatable bonds is 4. The Balaban J connectivity index is 1.51. The van der Waals surface area contributed by atoms with Crippen molar-refractivity contribution in [2.24, 2.45) is 0 Å². The maximum absolute atomic E-state index is 12.4. The fourth-order valence-electron chi connectivity index (χ4n) is 2.38. The fourth-order valence-corrected chi connectivity index (χ4v) is 3.88. The van der Waals surface area contributed by atoms with Crippen LogP contribution in [-0.4, -0.2) is 23.3 Å². The Kier molecular flexibility index (Phi) is 4.17. The highest BCUT2D eigenvalue weighted by Crippen LogP contribution is 2.29. The summed E-state index contributed by atoms with van der Waals surface area (Å²) in [4.78, 5) is 28.2. The van der Waals surface area contributed by atoms with Crippen molar-refractivity contribution in [1.82, 2.24) is 4.98 Å². The van der Waals surface area contributed by atoms with E-state index in [2.05, 4.69) is 10.3 Å². The molecule has 1 aliphatic heterocycles. The van der Waals surface area contributed by atoms with Crippen LogP contribution >= 0.6 is 22.7 Å². The van der Waals surface area contributed by atoms with Gasteiger partial charge in [0, 0.05) is 21.9 Å². The van der Waals surface area contributed by atoms with Gasteiger partial charge in [-0.05, 0) is 41.8 Å². The Hall–Kier alpha value is -2.77. The zero-order valence-corrected chi connectivity index (χ0v) is 14.5. The Morgan fingerprint density at radius 2 is 2.20 bits per heavy atom. The molecule has 0 fully saturated rings. The van der Waals surface area contributed by atoms with Crippen LogP contribution in [0, 0.1) is 0 Å². The largest absolute Gasteiger partial charge is 0.482 e. The van der Waals surface area contributed by atoms with Gasteiger partial charge in [-0.2, -0.15) is 11.3 Å². The monoisotopic (exact) mass is 368 g/mol. The van der Waals surface area contributed by atoms with Crippen molar-refractivity contribution in [2.75, 3.05) is 11.9 Å². The van der Waals surface area contributed by atoms with Crippen molar-refractivity contribution >= 4 is 46.1 Å². The predicted molar refractivity (Wildman–Crippen MR) is 99.4 cm³/mol. The van der Waals surface area contributed by atoms with E-state index in [9.17, 15) is 9.59 Å². The summed E-state index contributed by atoms with van der Waals surface area (Å²) in [6, 6.07) is 7.01. The molecule has 7 heteroatoms. The number of anilines is 1. The zero-order valence-electron chi connectivity index (χ0n) is 12.9. The van der Waals surface area contributed by atoms with Gasteiger partial charge >= 0.3 is 0 Å². The Bertz CT molecular complexity index is 974. The fraction of sp³-hybridized carbons (Fsp3) is 0.0556. The summed E-state index contributed by atoms with van der Waals surface area (Å²) in [5.41, 5.74) is 2.83. The number of thiophene rings is 1. The summed E-state index contributed by atoms with van der Waals surface area (Å²) in [5.74, 6) is 0.184. The third kappa shape index (κ3) is 3.38. The van der Waals surface area contributed by atoms with E-state index < -0.39 is 0 Å². The van der Waals surface area contributed by atoms with Crippen LogP contribution in [0.25, 0.3) is 16.6 Å². The quantitative estimate of drug-likeness (QED) is 0.556. The summed E-state index contributed by atoms with van der Waals surface area (Å²) in [6.45, 7) is -0.00349. The van der Waals surface area contributed by atoms with E-state index in [1.807, 2.05) is 22.2 Å². The minimum atomic E-state index is -0.226. The average molecular weight is 368 g/mol. The molecule has 0 aliphatic carbocycles. The van der Waals surface area contributed by atoms with Gasteiger partial charge in [0.25, 0.3) is 5.91 Å². The van der Waals surface area contributed by atoms with E-state index in [4.69, 9.17) is 4.74 Å². The number of aromatic nitrogens is 1. The SMILES string of the molecule is O=C1COc2ccc(C(=O)/C=C/c3csc(-c4ccsc4)n3)cc2N1. The van der Waals surface area contributed by atoms with E-state index in [-0.39, 0.29) is 18.3 Å². The average Bonchev–Trinajstić information content (AvgIpc) is 3.30. The predicted octanol–water partition coefficient (Wildman–Crippen LogP) is 4.10. The third-order valence-corrected chi connectivity index (χ3v) is 5.19. The molecule has 0 saturated heterocycles. The van der Waals surface area contributed by atoms with Gasteiger partial charge in [-0.1, -0.05) is 0 Å². The maximum atomic E-state index is 12.4. The highest BCUT2D eigenvalue weighted by Gasteiger charge is 2.17. The molecule has 1 aliphatic rings. The molecule has 5 nitrogen and oxygen atoms in total. The van der Waals surface area contributed by atoms with Crippen LogP contribution in [0.5, 0.6) is 5.75 Å². The molecular formula is C18H12N2O3S2. The number of ether oxygens (including phenoxy) is 1. The second-order valence-electron chi connectivity index (χ2n) is 5.33. The van der Waals surface area contributed by atoms with Gasteiger partial charge in [0.05, 0.1) is 11.4 Å². The van der Waals surface area contributed by atoms with Gasteiger partial charge in [0.2, 0.25) is 0 Å². The smallest absolute Gasteiger partial charge is 0.262 e. The number of fused-ring (bicyclic) bond motifs is 1. The molecule has 2 aromatic heterocycles. The van der Waals surface area contributed by atoms with E-state index in [1.54, 1.807) is 46.9 Å². The number of nitrogens with zero attached hydrogens (tertiary/aromatic N) is 1. The first-order valence-electron chi connectivity index (χ1n) is 7.46. The number of amides is 1. The second kappa shape index (κ2) is 6.62. The molecule has 0 unspecified atom stereocenters. The summed E-state index contributed by atoms with van der Waals surface area (Å²) in [6.07, 6.45) is 3.18. The number of allylic oxidation sites excluding steroid dienone is 1. The lowest BCUT2D eigenvalue weighted by molar-refractivity contribution is -0.118. The molecule has 25 heavy (non-hydrogen) atoms. The second-order valence-corrected chi connectivity index (χ2v) is 6.97. The Morgan fingerprint density at radius 1 is 1.28 bits per heavy atom. The molecule has 1 aromatic carbocycles. The number of carbonyl (C=O) groups is 2. The molecule has 0 radical (unpaired) electrons. The van der Waals surface area contributed by atoms with Gasteiger partial charge in [-0.15, -0.1) is 11.3 Å². The van der Waals surface area contributed by atoms with Gasteiger partial charge in [-0.25, -0.2) is 4.98 Å². The summed E-state index contributed by atoms with van der Waals surface area (Å²) < 4.78 is 5.29. The molecule has 124 valence electrons. The highest BCUT2D eigenvalue weighted by atomic mass is 32.1. The van der Waals surface area contributed by atoms with Crippen LogP contribution in [0.15, 0.2) is 46.5 Å². The van der Waals surface area contributed by atoms with Crippen molar-refractivity contribution in [2.45, 2.75) is 0 Å². The molecule has 1 N–H and O–H groups in total. The Labute approximate surface area is 151 Å². The summed E-state index contributed by atoms with van der Waals surface area (Å²) in [5, 5.41) is 9.60. The first-order chi connectivity index (χ1) is 12.2. The number of hydrogen-bond acceptors (Lipinski definition) is 6. The number of benzene rings is 1. The van der Waals surface area contributed by atoms with Crippen LogP contribution < -0.4 is 10.1 Å². The van der Waals surface area contributed by atoms with Gasteiger partial charge < -0.3 is 10.1 Å². The standard InChI is InChI=1S/C18H12N2O3S2/c21-15(11-1-4-16-14(7-11)20-17(22)8-23-16)3-2-13-10-25-18(19-13)12-5-6-24-9-12/h1-7,9-10H,8H2,(H,20,22)/b3-2+. The van der Waals surface area contributed by atoms with Crippen LogP contribution in [0.4, 0.5) is 5.69 Å². The van der Waals surface area contributed by atoms with E-state index in [0.717, 1.165) is 16.3 Å². The van der Waals surface area contributed by atoms with Gasteiger partial charge in [-0.3, -0.25) is 9.59 Å². The van der Waals surface area contributed by atoms with E-state index in [0.29, 0.717) is 17.0 Å². The topological polar surface area (TPSA) is 68.3 Å². The number of nitrogens with one attached hydrogen (secondary N) is 1. The zero-order chi connectivity index (χ0) is 17.2. The molecule has 0 spiro atoms. The van der Waals surface area contributed by atoms with Crippen molar-refractivity contribution in [1.29, 1.82) is 0 Å². The summed E-state index contributed by atoms with van der Waals surface area (Å²) in [7, 11) is 0. The van der Waals surface area contributed by atoms with Gasteiger partial charge in [0.15, 0.2) is 12.4 Å². The molecular weight excluding hydrogens is 356 g/mol. The molecule has 0 bridgehead atoms. The minimum Gasteiger partial charge on any atom is -0.482 e. The van der Waals surface area contributed by atoms with E-state index >= 15 is 0 Å². The molecule has 1 amide bonds. The lowest BCUT2D eigenvalue weighted by Crippen LogP contribution is -2.25. The molecule has 3 heterocycles. The van der Waals surface area contributed by atoms with Crippen LogP contribution in [-0.2, 0) is 4.79 Å². The molecule has 4 rings (SSSR count). The first kappa shape index (κ1) is 15.7.